The molecule has 0 saturated carbocycles. The van der Waals surface area contributed by atoms with Gasteiger partial charge in [0, 0.05) is 0 Å². The van der Waals surface area contributed by atoms with E-state index in [-0.39, 0.29) is 23.6 Å². The molecule has 1 aromatic carbocycles. The standard InChI is InChI=1S/C15H14N2O2S2/c1-10(21-14-7-4-8-20-14)15(19)17-9-13(18)16-11-5-2-3-6-12(11)17/h2-8,10H,9H2,1H3,(H,16,18)/t10-/m0/s1. The van der Waals surface area contributed by atoms with E-state index in [1.54, 1.807) is 16.2 Å². The summed E-state index contributed by atoms with van der Waals surface area (Å²) < 4.78 is 1.10. The summed E-state index contributed by atoms with van der Waals surface area (Å²) in [6.07, 6.45) is 0. The number of anilines is 2. The first kappa shape index (κ1) is 14.2. The number of rotatable bonds is 3. The molecule has 21 heavy (non-hydrogen) atoms. The Balaban J connectivity index is 1.82. The number of hydrogen-bond acceptors (Lipinski definition) is 4. The van der Waals surface area contributed by atoms with Crippen LogP contribution in [0.5, 0.6) is 0 Å². The van der Waals surface area contributed by atoms with Crippen LogP contribution in [0.3, 0.4) is 0 Å². The zero-order chi connectivity index (χ0) is 14.8. The Hall–Kier alpha value is -1.79. The largest absolute Gasteiger partial charge is 0.323 e. The van der Waals surface area contributed by atoms with Gasteiger partial charge in [0.05, 0.1) is 20.8 Å². The minimum atomic E-state index is -0.234. The van der Waals surface area contributed by atoms with E-state index in [2.05, 4.69) is 5.32 Å². The topological polar surface area (TPSA) is 49.4 Å². The van der Waals surface area contributed by atoms with Crippen molar-refractivity contribution in [3.05, 3.63) is 41.8 Å². The van der Waals surface area contributed by atoms with E-state index in [1.165, 1.54) is 11.8 Å². The number of fused-ring (bicyclic) bond motifs is 1. The van der Waals surface area contributed by atoms with Crippen molar-refractivity contribution >= 4 is 46.3 Å². The second-order valence-electron chi connectivity index (χ2n) is 4.68. The molecule has 4 nitrogen and oxygen atoms in total. The number of hydrogen-bond donors (Lipinski definition) is 1. The van der Waals surface area contributed by atoms with Gasteiger partial charge in [0.1, 0.15) is 6.54 Å². The van der Waals surface area contributed by atoms with Crippen molar-refractivity contribution in [3.8, 4) is 0 Å². The van der Waals surface area contributed by atoms with Crippen molar-refractivity contribution < 1.29 is 9.59 Å². The molecule has 0 bridgehead atoms. The molecule has 6 heteroatoms. The molecule has 0 spiro atoms. The van der Waals surface area contributed by atoms with Crippen LogP contribution in [0.1, 0.15) is 6.92 Å². The van der Waals surface area contributed by atoms with E-state index in [4.69, 9.17) is 0 Å². The lowest BCUT2D eigenvalue weighted by molar-refractivity contribution is -0.121. The molecule has 0 saturated heterocycles. The first-order chi connectivity index (χ1) is 10.1. The smallest absolute Gasteiger partial charge is 0.244 e. The summed E-state index contributed by atoms with van der Waals surface area (Å²) in [7, 11) is 0. The molecule has 2 amide bonds. The van der Waals surface area contributed by atoms with Crippen LogP contribution in [0.2, 0.25) is 0 Å². The summed E-state index contributed by atoms with van der Waals surface area (Å²) in [5, 5.41) is 4.55. The van der Waals surface area contributed by atoms with Crippen molar-refractivity contribution in [2.45, 2.75) is 16.4 Å². The fraction of sp³-hybridized carbons (Fsp3) is 0.200. The molecule has 0 unspecified atom stereocenters. The fourth-order valence-corrected chi connectivity index (χ4v) is 4.21. The second kappa shape index (κ2) is 5.91. The number of carbonyl (C=O) groups is 2. The average Bonchev–Trinajstić information content (AvgIpc) is 2.98. The molecule has 0 radical (unpaired) electrons. The number of benzene rings is 1. The third-order valence-electron chi connectivity index (χ3n) is 3.17. The molecule has 1 N–H and O–H groups in total. The molecular formula is C15H14N2O2S2. The van der Waals surface area contributed by atoms with Crippen LogP contribution in [0, 0.1) is 0 Å². The Kier molecular flexibility index (Phi) is 3.98. The van der Waals surface area contributed by atoms with Gasteiger partial charge >= 0.3 is 0 Å². The zero-order valence-electron chi connectivity index (χ0n) is 11.4. The first-order valence-electron chi connectivity index (χ1n) is 6.55. The molecular weight excluding hydrogens is 304 g/mol. The Bertz CT molecular complexity index is 670. The van der Waals surface area contributed by atoms with Gasteiger partial charge in [0.25, 0.3) is 0 Å². The number of nitrogens with zero attached hydrogens (tertiary/aromatic N) is 1. The van der Waals surface area contributed by atoms with Gasteiger partial charge in [-0.1, -0.05) is 18.2 Å². The van der Waals surface area contributed by atoms with Crippen LogP contribution in [0.4, 0.5) is 11.4 Å². The molecule has 3 rings (SSSR count). The van der Waals surface area contributed by atoms with E-state index in [0.29, 0.717) is 5.69 Å². The number of para-hydroxylation sites is 2. The highest BCUT2D eigenvalue weighted by molar-refractivity contribution is 8.02. The Morgan fingerprint density at radius 3 is 2.90 bits per heavy atom. The van der Waals surface area contributed by atoms with Crippen LogP contribution < -0.4 is 10.2 Å². The van der Waals surface area contributed by atoms with Gasteiger partial charge in [-0.2, -0.15) is 0 Å². The minimum absolute atomic E-state index is 0.0456. The molecule has 0 aliphatic carbocycles. The number of nitrogens with one attached hydrogen (secondary N) is 1. The monoisotopic (exact) mass is 318 g/mol. The normalized spacial score (nSPS) is 15.3. The van der Waals surface area contributed by atoms with E-state index in [1.807, 2.05) is 48.7 Å². The maximum Gasteiger partial charge on any atom is 0.244 e. The van der Waals surface area contributed by atoms with Crippen molar-refractivity contribution in [3.63, 3.8) is 0 Å². The lowest BCUT2D eigenvalue weighted by Crippen LogP contribution is -2.45. The molecule has 1 atom stereocenters. The third-order valence-corrected chi connectivity index (χ3v) is 5.33. The molecule has 108 valence electrons. The summed E-state index contributed by atoms with van der Waals surface area (Å²) in [5.74, 6) is -0.203. The van der Waals surface area contributed by atoms with E-state index in [9.17, 15) is 9.59 Å². The Morgan fingerprint density at radius 1 is 1.33 bits per heavy atom. The average molecular weight is 318 g/mol. The van der Waals surface area contributed by atoms with Crippen molar-refractivity contribution in [2.75, 3.05) is 16.8 Å². The second-order valence-corrected chi connectivity index (χ2v) is 7.27. The van der Waals surface area contributed by atoms with Gasteiger partial charge in [-0.05, 0) is 30.5 Å². The zero-order valence-corrected chi connectivity index (χ0v) is 13.0. The molecule has 2 heterocycles. The fourth-order valence-electron chi connectivity index (χ4n) is 2.20. The summed E-state index contributed by atoms with van der Waals surface area (Å²) in [4.78, 5) is 26.0. The van der Waals surface area contributed by atoms with Crippen LogP contribution in [-0.2, 0) is 9.59 Å². The van der Waals surface area contributed by atoms with Crippen LogP contribution in [-0.4, -0.2) is 23.6 Å². The predicted octanol–water partition coefficient (Wildman–Crippen LogP) is 3.21. The van der Waals surface area contributed by atoms with Gasteiger partial charge in [-0.15, -0.1) is 23.1 Å². The number of amides is 2. The lowest BCUT2D eigenvalue weighted by atomic mass is 10.2. The molecule has 1 aromatic heterocycles. The van der Waals surface area contributed by atoms with Crippen LogP contribution >= 0.6 is 23.1 Å². The maximum absolute atomic E-state index is 12.7. The number of thiophene rings is 1. The van der Waals surface area contributed by atoms with E-state index in [0.717, 1.165) is 9.90 Å². The lowest BCUT2D eigenvalue weighted by Gasteiger charge is -2.30. The van der Waals surface area contributed by atoms with E-state index < -0.39 is 0 Å². The summed E-state index contributed by atoms with van der Waals surface area (Å²) in [5.41, 5.74) is 1.45. The minimum Gasteiger partial charge on any atom is -0.323 e. The van der Waals surface area contributed by atoms with E-state index >= 15 is 0 Å². The van der Waals surface area contributed by atoms with Crippen molar-refractivity contribution in [2.24, 2.45) is 0 Å². The summed E-state index contributed by atoms with van der Waals surface area (Å²) in [6.45, 7) is 1.95. The van der Waals surface area contributed by atoms with Crippen LogP contribution in [0.25, 0.3) is 0 Å². The van der Waals surface area contributed by atoms with Gasteiger partial charge < -0.3 is 5.32 Å². The maximum atomic E-state index is 12.7. The van der Waals surface area contributed by atoms with Gasteiger partial charge in [-0.25, -0.2) is 0 Å². The molecule has 0 fully saturated rings. The predicted molar refractivity (Wildman–Crippen MR) is 87.1 cm³/mol. The van der Waals surface area contributed by atoms with Crippen molar-refractivity contribution in [1.82, 2.24) is 0 Å². The van der Waals surface area contributed by atoms with Gasteiger partial charge in [0.15, 0.2) is 0 Å². The Labute approximate surface area is 131 Å². The highest BCUT2D eigenvalue weighted by atomic mass is 32.2. The highest BCUT2D eigenvalue weighted by Crippen LogP contribution is 2.33. The highest BCUT2D eigenvalue weighted by Gasteiger charge is 2.30. The molecule has 2 aromatic rings. The number of carbonyl (C=O) groups excluding carboxylic acids is 2. The summed E-state index contributed by atoms with van der Waals surface area (Å²) in [6, 6.07) is 11.3. The Morgan fingerprint density at radius 2 is 2.14 bits per heavy atom. The molecule has 1 aliphatic rings. The molecule has 1 aliphatic heterocycles. The van der Waals surface area contributed by atoms with Crippen LogP contribution in [0.15, 0.2) is 46.0 Å². The van der Waals surface area contributed by atoms with Gasteiger partial charge in [-0.3, -0.25) is 14.5 Å². The van der Waals surface area contributed by atoms with Crippen molar-refractivity contribution in [1.29, 1.82) is 0 Å². The third kappa shape index (κ3) is 2.96. The summed E-state index contributed by atoms with van der Waals surface area (Å²) >= 11 is 3.14. The first-order valence-corrected chi connectivity index (χ1v) is 8.31. The van der Waals surface area contributed by atoms with Gasteiger partial charge in [0.2, 0.25) is 11.8 Å². The number of thioether (sulfide) groups is 1. The quantitative estimate of drug-likeness (QED) is 0.884. The SMILES string of the molecule is C[C@H](Sc1cccs1)C(=O)N1CC(=O)Nc2ccccc21.